The van der Waals surface area contributed by atoms with Crippen LogP contribution in [0, 0.1) is 12.8 Å². The highest BCUT2D eigenvalue weighted by atomic mass is 35.5. The Balaban J connectivity index is 1.35. The van der Waals surface area contributed by atoms with E-state index in [-0.39, 0.29) is 24.2 Å². The lowest BCUT2D eigenvalue weighted by molar-refractivity contribution is -0.131. The summed E-state index contributed by atoms with van der Waals surface area (Å²) in [5.41, 5.74) is 3.20. The van der Waals surface area contributed by atoms with Gasteiger partial charge < -0.3 is 19.7 Å². The van der Waals surface area contributed by atoms with E-state index in [2.05, 4.69) is 15.5 Å². The zero-order chi connectivity index (χ0) is 31.6. The minimum atomic E-state index is -2.50. The highest BCUT2D eigenvalue weighted by Crippen LogP contribution is 2.34. The van der Waals surface area contributed by atoms with Gasteiger partial charge in [0.15, 0.2) is 5.82 Å². The topological polar surface area (TPSA) is 122 Å². The number of allylic oxidation sites excluding steroid dienone is 3. The van der Waals surface area contributed by atoms with Gasteiger partial charge >= 0.3 is 0 Å². The zero-order valence-corrected chi connectivity index (χ0v) is 27.3. The number of likely N-dealkylation sites (N-methyl/N-ethyl adjacent to an activating group) is 1. The van der Waals surface area contributed by atoms with Crippen molar-refractivity contribution in [1.29, 1.82) is 0 Å². The van der Waals surface area contributed by atoms with E-state index < -0.39 is 14.4 Å². The van der Waals surface area contributed by atoms with E-state index in [0.29, 0.717) is 47.6 Å². The molecule has 1 aliphatic carbocycles. The molecular formula is C32H37ClN6O4Si. The molecule has 2 unspecified atom stereocenters. The zero-order valence-electron chi connectivity index (χ0n) is 25.5. The average molecular weight is 633 g/mol. The number of aryl methyl sites for hydroxylation is 1. The summed E-state index contributed by atoms with van der Waals surface area (Å²) >= 11 is 6.20. The molecule has 0 spiro atoms. The molecule has 0 saturated heterocycles. The Bertz CT molecular complexity index is 1660. The molecule has 44 heavy (non-hydrogen) atoms. The maximum Gasteiger partial charge on any atom is 0.227 e. The molecule has 3 aromatic rings. The first-order chi connectivity index (χ1) is 21.0. The Morgan fingerprint density at radius 1 is 1.18 bits per heavy atom. The predicted octanol–water partition coefficient (Wildman–Crippen LogP) is 4.33. The summed E-state index contributed by atoms with van der Waals surface area (Å²) in [6.45, 7) is 6.16. The molecular weight excluding hydrogens is 596 g/mol. The molecule has 0 bridgehead atoms. The van der Waals surface area contributed by atoms with Crippen molar-refractivity contribution in [2.24, 2.45) is 10.9 Å². The number of hydrogen-bond acceptors (Lipinski definition) is 7. The Kier molecular flexibility index (Phi) is 9.19. The van der Waals surface area contributed by atoms with Crippen LogP contribution in [0.2, 0.25) is 18.1 Å². The normalized spacial score (nSPS) is 17.5. The average Bonchev–Trinajstić information content (AvgIpc) is 3.33. The molecule has 2 aromatic carbocycles. The number of amides is 2. The van der Waals surface area contributed by atoms with E-state index >= 15 is 0 Å². The summed E-state index contributed by atoms with van der Waals surface area (Å²) in [4.78, 5) is 43.5. The summed E-state index contributed by atoms with van der Waals surface area (Å²) in [6, 6.07) is 12.6. The number of rotatable bonds is 9. The number of nitrogens with zero attached hydrogens (tertiary/aromatic N) is 5. The molecule has 2 atom stereocenters. The van der Waals surface area contributed by atoms with Crippen molar-refractivity contribution < 1.29 is 19.1 Å². The second kappa shape index (κ2) is 12.9. The van der Waals surface area contributed by atoms with Gasteiger partial charge in [-0.15, -0.1) is 10.2 Å². The Labute approximate surface area is 263 Å². The number of halogens is 1. The second-order valence-corrected chi connectivity index (χ2v) is 15.7. The number of ether oxygens (including phenoxy) is 1. The number of methoxy groups -OCH3 is 1. The largest absolute Gasteiger partial charge is 0.497 e. The van der Waals surface area contributed by atoms with Crippen molar-refractivity contribution in [2.75, 3.05) is 27.2 Å². The Morgan fingerprint density at radius 2 is 1.93 bits per heavy atom. The van der Waals surface area contributed by atoms with Crippen molar-refractivity contribution >= 4 is 37.4 Å². The van der Waals surface area contributed by atoms with E-state index in [1.54, 1.807) is 19.1 Å². The van der Waals surface area contributed by atoms with Crippen LogP contribution in [0.25, 0.3) is 5.69 Å². The second-order valence-electron chi connectivity index (χ2n) is 11.6. The number of fused-ring (bicyclic) bond motifs is 3. The van der Waals surface area contributed by atoms with Gasteiger partial charge in [0, 0.05) is 36.3 Å². The summed E-state index contributed by atoms with van der Waals surface area (Å²) in [5, 5.41) is 13.2. The number of aromatic nitrogens is 3. The highest BCUT2D eigenvalue weighted by Gasteiger charge is 2.31. The van der Waals surface area contributed by atoms with Crippen molar-refractivity contribution in [3.8, 4) is 11.4 Å². The lowest BCUT2D eigenvalue weighted by atomic mass is 10.00. The quantitative estimate of drug-likeness (QED) is 0.339. The van der Waals surface area contributed by atoms with Crippen LogP contribution in [-0.4, -0.2) is 77.6 Å². The first-order valence-electron chi connectivity index (χ1n) is 14.5. The van der Waals surface area contributed by atoms with E-state index in [0.717, 1.165) is 22.0 Å². The minimum Gasteiger partial charge on any atom is -0.497 e. The summed E-state index contributed by atoms with van der Waals surface area (Å²) < 4.78 is 7.48. The van der Waals surface area contributed by atoms with Gasteiger partial charge in [-0.1, -0.05) is 42.0 Å². The predicted molar refractivity (Wildman–Crippen MR) is 173 cm³/mol. The van der Waals surface area contributed by atoms with Crippen molar-refractivity contribution in [3.63, 3.8) is 0 Å². The van der Waals surface area contributed by atoms with Crippen LogP contribution in [0.15, 0.2) is 70.9 Å². The lowest BCUT2D eigenvalue weighted by Crippen LogP contribution is -2.39. The van der Waals surface area contributed by atoms with E-state index in [1.165, 1.54) is 0 Å². The first-order valence-corrected chi connectivity index (χ1v) is 17.9. The fraction of sp³-hybridized carbons (Fsp3) is 0.344. The van der Waals surface area contributed by atoms with Crippen LogP contribution in [0.1, 0.15) is 41.7 Å². The standard InChI is InChI=1S/C32H37ClN6O4Si/c1-20-36-37-31-27(19-29(40)38(2)16-15-34-32(41)22-7-6-8-25(17-22)44(4,5)42)35-30(21-9-11-23(33)12-10-21)26-18-24(43-3)13-14-28(26)39(20)31/h6,8-14,17-18,22,27,42H,7,15-16,19H2,1-5H3,(H,34,41). The van der Waals surface area contributed by atoms with Crippen LogP contribution < -0.4 is 10.1 Å². The first kappa shape index (κ1) is 31.4. The van der Waals surface area contributed by atoms with Crippen molar-refractivity contribution in [3.05, 3.63) is 93.7 Å². The lowest BCUT2D eigenvalue weighted by Gasteiger charge is -2.23. The molecule has 10 nitrogen and oxygen atoms in total. The van der Waals surface area contributed by atoms with Crippen LogP contribution >= 0.6 is 11.6 Å². The maximum atomic E-state index is 13.5. The molecule has 1 aromatic heterocycles. The van der Waals surface area contributed by atoms with Gasteiger partial charge in [-0.05, 0) is 62.0 Å². The molecule has 2 aliphatic rings. The van der Waals surface area contributed by atoms with Gasteiger partial charge in [0.05, 0.1) is 30.8 Å². The fourth-order valence-corrected chi connectivity index (χ4v) is 6.63. The highest BCUT2D eigenvalue weighted by molar-refractivity contribution is 6.78. The van der Waals surface area contributed by atoms with Gasteiger partial charge in [-0.3, -0.25) is 19.1 Å². The van der Waals surface area contributed by atoms with Crippen molar-refractivity contribution in [2.45, 2.75) is 38.9 Å². The monoisotopic (exact) mass is 632 g/mol. The van der Waals surface area contributed by atoms with E-state index in [4.69, 9.17) is 21.3 Å². The van der Waals surface area contributed by atoms with Gasteiger partial charge in [-0.25, -0.2) is 0 Å². The van der Waals surface area contributed by atoms with Gasteiger partial charge in [0.1, 0.15) is 17.6 Å². The SMILES string of the molecule is COc1ccc2c(c1)C(c1ccc(Cl)cc1)=NC(CC(=O)N(C)CCNC(=O)C1C=C([Si](C)(C)O)C=CC1)c1nnc(C)n1-2. The van der Waals surface area contributed by atoms with Crippen molar-refractivity contribution in [1.82, 2.24) is 25.0 Å². The Hall–Kier alpha value is -4.06. The molecule has 5 rings (SSSR count). The van der Waals surface area contributed by atoms with Crippen LogP contribution in [0.3, 0.4) is 0 Å². The number of aliphatic imine (C=N–C) groups is 1. The van der Waals surface area contributed by atoms with Crippen LogP contribution in [-0.2, 0) is 9.59 Å². The summed E-state index contributed by atoms with van der Waals surface area (Å²) in [6.07, 6.45) is 6.35. The molecule has 1 aliphatic heterocycles. The number of carbonyl (C=O) groups excluding carboxylic acids is 2. The molecule has 2 heterocycles. The summed E-state index contributed by atoms with van der Waals surface area (Å²) in [7, 11) is 0.825. The molecule has 0 saturated carbocycles. The van der Waals surface area contributed by atoms with Gasteiger partial charge in [0.2, 0.25) is 20.1 Å². The number of carbonyl (C=O) groups is 2. The Morgan fingerprint density at radius 3 is 2.64 bits per heavy atom. The fourth-order valence-electron chi connectivity index (χ4n) is 5.37. The molecule has 2 amide bonds. The molecule has 2 N–H and O–H groups in total. The third-order valence-corrected chi connectivity index (χ3v) is 9.90. The van der Waals surface area contributed by atoms with E-state index in [1.807, 2.05) is 85.3 Å². The van der Waals surface area contributed by atoms with Gasteiger partial charge in [-0.2, -0.15) is 0 Å². The maximum absolute atomic E-state index is 13.5. The molecule has 230 valence electrons. The van der Waals surface area contributed by atoms with Gasteiger partial charge in [0.25, 0.3) is 0 Å². The summed E-state index contributed by atoms with van der Waals surface area (Å²) in [5.74, 6) is 1.31. The smallest absolute Gasteiger partial charge is 0.227 e. The third-order valence-electron chi connectivity index (χ3n) is 7.90. The molecule has 12 heteroatoms. The number of hydrogen-bond donors (Lipinski definition) is 2. The van der Waals surface area contributed by atoms with E-state index in [9.17, 15) is 14.4 Å². The number of nitrogens with one attached hydrogen (secondary N) is 1. The molecule has 0 radical (unpaired) electrons. The third kappa shape index (κ3) is 6.69. The number of benzene rings is 2. The minimum absolute atomic E-state index is 0.0561. The molecule has 0 fully saturated rings. The van der Waals surface area contributed by atoms with Crippen LogP contribution in [0.5, 0.6) is 5.75 Å². The van der Waals surface area contributed by atoms with Crippen LogP contribution in [0.4, 0.5) is 0 Å².